The minimum absolute atomic E-state index is 0.0768. The van der Waals surface area contributed by atoms with E-state index in [4.69, 9.17) is 9.26 Å². The normalized spacial score (nSPS) is 11.8. The lowest BCUT2D eigenvalue weighted by atomic mass is 10.0. The van der Waals surface area contributed by atoms with E-state index < -0.39 is 6.04 Å². The first kappa shape index (κ1) is 20.1. The van der Waals surface area contributed by atoms with Gasteiger partial charge in [-0.3, -0.25) is 9.59 Å². The summed E-state index contributed by atoms with van der Waals surface area (Å²) in [4.78, 5) is 28.2. The molecule has 0 bridgehead atoms. The van der Waals surface area contributed by atoms with Gasteiger partial charge in [-0.1, -0.05) is 40.1 Å². The van der Waals surface area contributed by atoms with Crippen LogP contribution in [0.4, 0.5) is 0 Å². The molecule has 1 aromatic heterocycles. The molecule has 7 nitrogen and oxygen atoms in total. The first-order chi connectivity index (χ1) is 12.5. The van der Waals surface area contributed by atoms with Gasteiger partial charge in [0.05, 0.1) is 19.6 Å². The molecule has 2 rings (SSSR count). The minimum Gasteiger partial charge on any atom is -0.469 e. The number of nitrogens with one attached hydrogen (secondary N) is 1. The van der Waals surface area contributed by atoms with Gasteiger partial charge >= 0.3 is 5.97 Å². The molecule has 1 aromatic carbocycles. The zero-order chi connectivity index (χ0) is 18.9. The Morgan fingerprint density at radius 3 is 2.65 bits per heavy atom. The fraction of sp³-hybridized carbons (Fsp3) is 0.444. The Hall–Kier alpha value is -2.22. The van der Waals surface area contributed by atoms with E-state index in [1.54, 1.807) is 0 Å². The number of nitrogens with zero attached hydrogens (tertiary/aromatic N) is 2. The number of halogens is 1. The lowest BCUT2D eigenvalue weighted by molar-refractivity contribution is -0.141. The van der Waals surface area contributed by atoms with Gasteiger partial charge in [0.25, 0.3) is 0 Å². The van der Waals surface area contributed by atoms with Gasteiger partial charge in [0.2, 0.25) is 11.8 Å². The number of methoxy groups -OCH3 is 1. The molecule has 1 unspecified atom stereocenters. The number of ether oxygens (including phenoxy) is 1. The van der Waals surface area contributed by atoms with E-state index >= 15 is 0 Å². The molecule has 1 amide bonds. The van der Waals surface area contributed by atoms with Crippen LogP contribution in [0.25, 0.3) is 0 Å². The van der Waals surface area contributed by atoms with E-state index in [9.17, 15) is 9.59 Å². The van der Waals surface area contributed by atoms with Crippen molar-refractivity contribution in [2.45, 2.75) is 45.1 Å². The third-order valence-corrected chi connectivity index (χ3v) is 4.36. The van der Waals surface area contributed by atoms with Gasteiger partial charge in [0, 0.05) is 23.7 Å². The molecular weight excluding hydrogens is 402 g/mol. The van der Waals surface area contributed by atoms with Crippen molar-refractivity contribution in [1.29, 1.82) is 0 Å². The van der Waals surface area contributed by atoms with Crippen LogP contribution in [0.1, 0.15) is 49.5 Å². The molecule has 0 aliphatic heterocycles. The lowest BCUT2D eigenvalue weighted by Crippen LogP contribution is -2.30. The third kappa shape index (κ3) is 6.25. The molecule has 1 N–H and O–H groups in total. The molecule has 26 heavy (non-hydrogen) atoms. The molecule has 2 aromatic rings. The molecular formula is C18H22BrN3O4. The van der Waals surface area contributed by atoms with Crippen LogP contribution in [-0.4, -0.2) is 29.1 Å². The number of rotatable bonds is 9. The van der Waals surface area contributed by atoms with Gasteiger partial charge in [-0.2, -0.15) is 4.98 Å². The molecule has 1 atom stereocenters. The highest BCUT2D eigenvalue weighted by molar-refractivity contribution is 9.10. The molecule has 1 heterocycles. The molecule has 0 fully saturated rings. The number of carbonyl (C=O) groups excluding carboxylic acids is 2. The highest BCUT2D eigenvalue weighted by Gasteiger charge is 2.19. The van der Waals surface area contributed by atoms with Crippen molar-refractivity contribution in [3.63, 3.8) is 0 Å². The van der Waals surface area contributed by atoms with E-state index in [0.717, 1.165) is 10.0 Å². The summed E-state index contributed by atoms with van der Waals surface area (Å²) in [6.07, 6.45) is 2.22. The Labute approximate surface area is 160 Å². The van der Waals surface area contributed by atoms with Gasteiger partial charge in [-0.15, -0.1) is 0 Å². The second kappa shape index (κ2) is 10.1. The predicted octanol–water partition coefficient (Wildman–Crippen LogP) is 3.14. The van der Waals surface area contributed by atoms with Crippen LogP contribution in [0.5, 0.6) is 0 Å². The van der Waals surface area contributed by atoms with Crippen molar-refractivity contribution >= 4 is 27.8 Å². The van der Waals surface area contributed by atoms with Gasteiger partial charge < -0.3 is 14.6 Å². The zero-order valence-electron chi connectivity index (χ0n) is 14.8. The smallest absolute Gasteiger partial charge is 0.307 e. The number of amides is 1. The van der Waals surface area contributed by atoms with Crippen molar-refractivity contribution < 1.29 is 18.8 Å². The van der Waals surface area contributed by atoms with E-state index in [1.165, 1.54) is 7.11 Å². The number of hydrogen-bond donors (Lipinski definition) is 1. The van der Waals surface area contributed by atoms with Gasteiger partial charge in [-0.05, 0) is 24.1 Å². The average Bonchev–Trinajstić information content (AvgIpc) is 3.09. The van der Waals surface area contributed by atoms with Crippen molar-refractivity contribution in [3.05, 3.63) is 46.0 Å². The number of aromatic nitrogens is 2. The van der Waals surface area contributed by atoms with Crippen LogP contribution < -0.4 is 5.32 Å². The van der Waals surface area contributed by atoms with E-state index in [-0.39, 0.29) is 18.3 Å². The summed E-state index contributed by atoms with van der Waals surface area (Å²) in [6.45, 7) is 1.95. The molecule has 0 radical (unpaired) electrons. The first-order valence-electron chi connectivity index (χ1n) is 8.45. The number of benzene rings is 1. The zero-order valence-corrected chi connectivity index (χ0v) is 16.4. The Bertz CT molecular complexity index is 730. The molecule has 8 heteroatoms. The van der Waals surface area contributed by atoms with Crippen LogP contribution in [0.15, 0.2) is 33.3 Å². The summed E-state index contributed by atoms with van der Waals surface area (Å²) in [5.74, 6) is 0.680. The standard InChI is InChI=1S/C18H22BrN3O4/c1-3-15-21-17(26-22-15)6-4-5-16(23)20-14(11-18(24)25-2)12-7-9-13(19)10-8-12/h7-10,14H,3-6,11H2,1-2H3,(H,20,23). The average molecular weight is 424 g/mol. The SMILES string of the molecule is CCc1noc(CCCC(=O)NC(CC(=O)OC)c2ccc(Br)cc2)n1. The summed E-state index contributed by atoms with van der Waals surface area (Å²) in [6, 6.07) is 7.03. The van der Waals surface area contributed by atoms with Crippen LogP contribution in [0, 0.1) is 0 Å². The van der Waals surface area contributed by atoms with Crippen LogP contribution in [0.2, 0.25) is 0 Å². The van der Waals surface area contributed by atoms with Gasteiger partial charge in [0.15, 0.2) is 5.82 Å². The number of hydrogen-bond acceptors (Lipinski definition) is 6. The van der Waals surface area contributed by atoms with Gasteiger partial charge in [0.1, 0.15) is 0 Å². The second-order valence-electron chi connectivity index (χ2n) is 5.76. The van der Waals surface area contributed by atoms with Crippen LogP contribution in [-0.2, 0) is 27.2 Å². The number of aryl methyl sites for hydroxylation is 2. The van der Waals surface area contributed by atoms with E-state index in [2.05, 4.69) is 31.4 Å². The van der Waals surface area contributed by atoms with E-state index in [0.29, 0.717) is 37.4 Å². The summed E-state index contributed by atoms with van der Waals surface area (Å²) in [5, 5.41) is 6.73. The van der Waals surface area contributed by atoms with Crippen molar-refractivity contribution in [1.82, 2.24) is 15.5 Å². The van der Waals surface area contributed by atoms with Crippen molar-refractivity contribution in [2.24, 2.45) is 0 Å². The minimum atomic E-state index is -0.432. The Kier molecular flexibility index (Phi) is 7.77. The highest BCUT2D eigenvalue weighted by Crippen LogP contribution is 2.20. The van der Waals surface area contributed by atoms with Crippen LogP contribution in [0.3, 0.4) is 0 Å². The van der Waals surface area contributed by atoms with E-state index in [1.807, 2.05) is 31.2 Å². The topological polar surface area (TPSA) is 94.3 Å². The molecule has 0 aliphatic rings. The van der Waals surface area contributed by atoms with Gasteiger partial charge in [-0.25, -0.2) is 0 Å². The molecule has 0 aliphatic carbocycles. The number of esters is 1. The monoisotopic (exact) mass is 423 g/mol. The van der Waals surface area contributed by atoms with Crippen molar-refractivity contribution in [3.8, 4) is 0 Å². The summed E-state index contributed by atoms with van der Waals surface area (Å²) < 4.78 is 10.8. The molecule has 140 valence electrons. The highest BCUT2D eigenvalue weighted by atomic mass is 79.9. The first-order valence-corrected chi connectivity index (χ1v) is 9.24. The summed E-state index contributed by atoms with van der Waals surface area (Å²) in [5.41, 5.74) is 0.844. The summed E-state index contributed by atoms with van der Waals surface area (Å²) >= 11 is 3.37. The largest absolute Gasteiger partial charge is 0.469 e. The third-order valence-electron chi connectivity index (χ3n) is 3.83. The maximum absolute atomic E-state index is 12.3. The molecule has 0 saturated heterocycles. The maximum Gasteiger partial charge on any atom is 0.307 e. The Balaban J connectivity index is 1.90. The Morgan fingerprint density at radius 2 is 2.04 bits per heavy atom. The fourth-order valence-electron chi connectivity index (χ4n) is 2.40. The fourth-order valence-corrected chi connectivity index (χ4v) is 2.66. The molecule has 0 spiro atoms. The second-order valence-corrected chi connectivity index (χ2v) is 6.68. The van der Waals surface area contributed by atoms with Crippen LogP contribution >= 0.6 is 15.9 Å². The predicted molar refractivity (Wildman–Crippen MR) is 98.3 cm³/mol. The van der Waals surface area contributed by atoms with Crippen molar-refractivity contribution in [2.75, 3.05) is 7.11 Å². The summed E-state index contributed by atoms with van der Waals surface area (Å²) in [7, 11) is 1.33. The lowest BCUT2D eigenvalue weighted by Gasteiger charge is -2.18. The Morgan fingerprint density at radius 1 is 1.31 bits per heavy atom. The maximum atomic E-state index is 12.3. The molecule has 0 saturated carbocycles. The quantitative estimate of drug-likeness (QED) is 0.622. The number of carbonyl (C=O) groups is 2.